The Bertz CT molecular complexity index is 458. The van der Waals surface area contributed by atoms with Crippen LogP contribution in [0, 0.1) is 5.41 Å². The highest BCUT2D eigenvalue weighted by molar-refractivity contribution is 5.87. The maximum absolute atomic E-state index is 12.8. The summed E-state index contributed by atoms with van der Waals surface area (Å²) in [5, 5.41) is 4.02. The summed E-state index contributed by atoms with van der Waals surface area (Å²) in [6, 6.07) is 1.76. The second-order valence-corrected chi connectivity index (χ2v) is 4.93. The van der Waals surface area contributed by atoms with E-state index in [0.29, 0.717) is 13.1 Å². The van der Waals surface area contributed by atoms with E-state index in [1.165, 1.54) is 4.90 Å². The number of rotatable bonds is 2. The van der Waals surface area contributed by atoms with Crippen LogP contribution in [0.5, 0.6) is 0 Å². The molecule has 0 aromatic carbocycles. The first-order valence-electron chi connectivity index (χ1n) is 5.79. The van der Waals surface area contributed by atoms with Crippen LogP contribution in [0.3, 0.4) is 0 Å². The fraction of sp³-hybridized carbons (Fsp3) is 0.636. The van der Waals surface area contributed by atoms with Crippen molar-refractivity contribution in [2.75, 3.05) is 13.1 Å². The van der Waals surface area contributed by atoms with Gasteiger partial charge in [-0.3, -0.25) is 9.48 Å². The van der Waals surface area contributed by atoms with E-state index in [0.717, 1.165) is 0 Å². The van der Waals surface area contributed by atoms with E-state index >= 15 is 0 Å². The number of hydrogen-bond acceptors (Lipinski definition) is 2. The molecule has 1 aromatic rings. The zero-order valence-electron chi connectivity index (χ0n) is 9.52. The van der Waals surface area contributed by atoms with Crippen LogP contribution in [0.2, 0.25) is 0 Å². The van der Waals surface area contributed by atoms with Gasteiger partial charge in [0.1, 0.15) is 5.41 Å². The van der Waals surface area contributed by atoms with Crippen molar-refractivity contribution in [1.29, 1.82) is 0 Å². The average Bonchev–Trinajstić information content (AvgIpc) is 2.89. The molecule has 2 fully saturated rings. The molecular weight excluding hydrogens is 247 g/mol. The van der Waals surface area contributed by atoms with Gasteiger partial charge >= 0.3 is 6.18 Å². The Morgan fingerprint density at radius 2 is 2.00 bits per heavy atom. The molecule has 0 atom stereocenters. The molecule has 0 N–H and O–H groups in total. The Balaban J connectivity index is 1.64. The Hall–Kier alpha value is -1.53. The van der Waals surface area contributed by atoms with Crippen LogP contribution in [0.1, 0.15) is 18.9 Å². The van der Waals surface area contributed by atoms with Crippen LogP contribution in [0.25, 0.3) is 0 Å². The van der Waals surface area contributed by atoms with Gasteiger partial charge in [0.25, 0.3) is 0 Å². The lowest BCUT2D eigenvalue weighted by atomic mass is 10.00. The number of halogens is 3. The summed E-state index contributed by atoms with van der Waals surface area (Å²) >= 11 is 0. The molecule has 3 rings (SSSR count). The summed E-state index contributed by atoms with van der Waals surface area (Å²) in [7, 11) is 0. The molecule has 0 unspecified atom stereocenters. The standard InChI is InChI=1S/C11H12F3N3O/c12-11(13,14)10(2-3-10)9(18)16-6-8(7-16)17-5-1-4-15-17/h1,4-5,8H,2-3,6-7H2. The summed E-state index contributed by atoms with van der Waals surface area (Å²) < 4.78 is 40.0. The number of amides is 1. The molecule has 1 amide bonds. The topological polar surface area (TPSA) is 38.1 Å². The lowest BCUT2D eigenvalue weighted by Crippen LogP contribution is -2.55. The normalized spacial score (nSPS) is 22.7. The molecule has 4 nitrogen and oxygen atoms in total. The summed E-state index contributed by atoms with van der Waals surface area (Å²) in [4.78, 5) is 13.1. The second-order valence-electron chi connectivity index (χ2n) is 4.93. The molecule has 98 valence electrons. The van der Waals surface area contributed by atoms with Gasteiger partial charge in [-0.15, -0.1) is 0 Å². The molecule has 0 radical (unpaired) electrons. The third-order valence-electron chi connectivity index (χ3n) is 3.75. The molecule has 2 heterocycles. The van der Waals surface area contributed by atoms with E-state index in [-0.39, 0.29) is 18.9 Å². The maximum Gasteiger partial charge on any atom is 0.403 e. The number of hydrogen-bond donors (Lipinski definition) is 0. The molecule has 18 heavy (non-hydrogen) atoms. The summed E-state index contributed by atoms with van der Waals surface area (Å²) in [5.41, 5.74) is -2.08. The summed E-state index contributed by atoms with van der Waals surface area (Å²) in [6.07, 6.45) is -1.19. The smallest absolute Gasteiger partial charge is 0.337 e. The number of aromatic nitrogens is 2. The maximum atomic E-state index is 12.8. The third kappa shape index (κ3) is 1.53. The Kier molecular flexibility index (Phi) is 2.24. The predicted octanol–water partition coefficient (Wildman–Crippen LogP) is 1.61. The van der Waals surface area contributed by atoms with Crippen molar-refractivity contribution in [1.82, 2.24) is 14.7 Å². The number of likely N-dealkylation sites (tertiary alicyclic amines) is 1. The van der Waals surface area contributed by atoms with E-state index in [2.05, 4.69) is 5.10 Å². The monoisotopic (exact) mass is 259 g/mol. The van der Waals surface area contributed by atoms with Gasteiger partial charge in [-0.2, -0.15) is 18.3 Å². The van der Waals surface area contributed by atoms with Gasteiger partial charge in [0.05, 0.1) is 6.04 Å². The Morgan fingerprint density at radius 3 is 2.44 bits per heavy atom. The molecule has 1 aliphatic carbocycles. The molecule has 0 spiro atoms. The minimum absolute atomic E-state index is 0.00739. The fourth-order valence-electron chi connectivity index (χ4n) is 2.33. The highest BCUT2D eigenvalue weighted by Gasteiger charge is 2.70. The quantitative estimate of drug-likeness (QED) is 0.809. The number of nitrogens with zero attached hydrogens (tertiary/aromatic N) is 3. The molecule has 1 aliphatic heterocycles. The van der Waals surface area contributed by atoms with Crippen LogP contribution in [0.15, 0.2) is 18.5 Å². The highest BCUT2D eigenvalue weighted by Crippen LogP contribution is 2.59. The van der Waals surface area contributed by atoms with E-state index in [1.807, 2.05) is 0 Å². The molecule has 1 aromatic heterocycles. The predicted molar refractivity (Wildman–Crippen MR) is 55.6 cm³/mol. The van der Waals surface area contributed by atoms with Gasteiger partial charge in [-0.25, -0.2) is 0 Å². The second kappa shape index (κ2) is 3.49. The van der Waals surface area contributed by atoms with Gasteiger partial charge in [0, 0.05) is 25.5 Å². The first-order chi connectivity index (χ1) is 8.44. The van der Waals surface area contributed by atoms with Gasteiger partial charge in [0.2, 0.25) is 5.91 Å². The van der Waals surface area contributed by atoms with Gasteiger partial charge in [0.15, 0.2) is 0 Å². The van der Waals surface area contributed by atoms with Crippen molar-refractivity contribution in [3.63, 3.8) is 0 Å². The van der Waals surface area contributed by atoms with E-state index in [4.69, 9.17) is 0 Å². The van der Waals surface area contributed by atoms with Crippen LogP contribution in [-0.2, 0) is 4.79 Å². The lowest BCUT2D eigenvalue weighted by Gasteiger charge is -2.41. The number of carbonyl (C=O) groups is 1. The summed E-state index contributed by atoms with van der Waals surface area (Å²) in [5.74, 6) is -0.765. The minimum atomic E-state index is -4.42. The zero-order valence-corrected chi connectivity index (χ0v) is 9.52. The molecule has 0 bridgehead atoms. The van der Waals surface area contributed by atoms with Crippen LogP contribution >= 0.6 is 0 Å². The van der Waals surface area contributed by atoms with E-state index in [9.17, 15) is 18.0 Å². The third-order valence-corrected chi connectivity index (χ3v) is 3.75. The Morgan fingerprint density at radius 1 is 1.33 bits per heavy atom. The molecule has 7 heteroatoms. The lowest BCUT2D eigenvalue weighted by molar-refractivity contribution is -0.201. The molecular formula is C11H12F3N3O. The minimum Gasteiger partial charge on any atom is -0.337 e. The first kappa shape index (κ1) is 11.6. The van der Waals surface area contributed by atoms with Crippen molar-refractivity contribution in [3.8, 4) is 0 Å². The van der Waals surface area contributed by atoms with Gasteiger partial charge in [-0.05, 0) is 18.9 Å². The van der Waals surface area contributed by atoms with Crippen molar-refractivity contribution < 1.29 is 18.0 Å². The molecule has 1 saturated carbocycles. The molecule has 2 aliphatic rings. The number of carbonyl (C=O) groups excluding carboxylic acids is 1. The van der Waals surface area contributed by atoms with Crippen molar-refractivity contribution in [2.24, 2.45) is 5.41 Å². The largest absolute Gasteiger partial charge is 0.403 e. The van der Waals surface area contributed by atoms with Crippen molar-refractivity contribution in [2.45, 2.75) is 25.1 Å². The van der Waals surface area contributed by atoms with Crippen LogP contribution in [0.4, 0.5) is 13.2 Å². The zero-order chi connectivity index (χ0) is 13.0. The van der Waals surface area contributed by atoms with Gasteiger partial charge in [-0.1, -0.05) is 0 Å². The van der Waals surface area contributed by atoms with Crippen molar-refractivity contribution in [3.05, 3.63) is 18.5 Å². The number of alkyl halides is 3. The van der Waals surface area contributed by atoms with E-state index in [1.54, 1.807) is 23.1 Å². The average molecular weight is 259 g/mol. The highest BCUT2D eigenvalue weighted by atomic mass is 19.4. The van der Waals surface area contributed by atoms with Crippen molar-refractivity contribution >= 4 is 5.91 Å². The Labute approximate surface area is 101 Å². The first-order valence-corrected chi connectivity index (χ1v) is 5.79. The van der Waals surface area contributed by atoms with Crippen LogP contribution < -0.4 is 0 Å². The fourth-order valence-corrected chi connectivity index (χ4v) is 2.33. The van der Waals surface area contributed by atoms with E-state index < -0.39 is 17.5 Å². The molecule has 1 saturated heterocycles. The summed E-state index contributed by atoms with van der Waals surface area (Å²) in [6.45, 7) is 0.636. The van der Waals surface area contributed by atoms with Crippen LogP contribution in [-0.4, -0.2) is 39.9 Å². The SMILES string of the molecule is O=C(N1CC(n2cccn2)C1)C1(C(F)(F)F)CC1. The van der Waals surface area contributed by atoms with Gasteiger partial charge < -0.3 is 4.90 Å².